The van der Waals surface area contributed by atoms with Crippen molar-refractivity contribution in [1.82, 2.24) is 9.36 Å². The van der Waals surface area contributed by atoms with E-state index in [2.05, 4.69) is 35.3 Å². The van der Waals surface area contributed by atoms with E-state index in [1.165, 1.54) is 37.7 Å². The molecule has 0 spiro atoms. The molecule has 4 N–H and O–H groups in total. The van der Waals surface area contributed by atoms with E-state index in [0.717, 1.165) is 37.2 Å². The number of hydrogen-bond acceptors (Lipinski definition) is 7. The molecule has 29 heavy (non-hydrogen) atoms. The van der Waals surface area contributed by atoms with Crippen LogP contribution in [0.2, 0.25) is 0 Å². The fraction of sp³-hybridized carbons (Fsp3) is 0.556. The molecule has 0 amide bonds. The highest BCUT2D eigenvalue weighted by molar-refractivity contribution is 9.10. The third-order valence-electron chi connectivity index (χ3n) is 5.18. The number of nitrogens with zero attached hydrogens (tertiary/aromatic N) is 2. The summed E-state index contributed by atoms with van der Waals surface area (Å²) < 4.78 is 45.7. The zero-order chi connectivity index (χ0) is 20.9. The molecule has 0 saturated heterocycles. The van der Waals surface area contributed by atoms with Crippen molar-refractivity contribution in [2.75, 3.05) is 16.6 Å². The van der Waals surface area contributed by atoms with E-state index in [0.29, 0.717) is 28.7 Å². The van der Waals surface area contributed by atoms with Crippen molar-refractivity contribution in [3.8, 4) is 0 Å². The van der Waals surface area contributed by atoms with Crippen molar-refractivity contribution in [2.45, 2.75) is 55.9 Å². The van der Waals surface area contributed by atoms with Gasteiger partial charge in [-0.15, -0.1) is 0 Å². The van der Waals surface area contributed by atoms with Crippen molar-refractivity contribution in [1.29, 1.82) is 0 Å². The Labute approximate surface area is 183 Å². The van der Waals surface area contributed by atoms with E-state index in [-0.39, 0.29) is 5.13 Å². The molecule has 0 radical (unpaired) electrons. The van der Waals surface area contributed by atoms with E-state index in [4.69, 9.17) is 5.73 Å². The summed E-state index contributed by atoms with van der Waals surface area (Å²) >= 11 is 4.20. The van der Waals surface area contributed by atoms with Gasteiger partial charge < -0.3 is 11.1 Å². The first-order valence-corrected chi connectivity index (χ1v) is 12.7. The number of hydrogen-bond donors (Lipinski definition) is 3. The number of rotatable bonds is 10. The minimum atomic E-state index is -4.08. The summed E-state index contributed by atoms with van der Waals surface area (Å²) in [5, 5.41) is 3.25. The van der Waals surface area contributed by atoms with Crippen LogP contribution in [0.3, 0.4) is 0 Å². The molecule has 1 saturated carbocycles. The number of unbranched alkanes of at least 4 members (excludes halogenated alkanes) is 2. The Morgan fingerprint density at radius 3 is 2.79 bits per heavy atom. The van der Waals surface area contributed by atoms with Gasteiger partial charge >= 0.3 is 0 Å². The molecule has 1 fully saturated rings. The third kappa shape index (κ3) is 6.09. The summed E-state index contributed by atoms with van der Waals surface area (Å²) in [7, 11) is -4.08. The Morgan fingerprint density at radius 1 is 1.28 bits per heavy atom. The van der Waals surface area contributed by atoms with Gasteiger partial charge in [0.15, 0.2) is 0 Å². The first kappa shape index (κ1) is 22.4. The summed E-state index contributed by atoms with van der Waals surface area (Å²) in [5.74, 6) is -0.169. The monoisotopic (exact) mass is 505 g/mol. The van der Waals surface area contributed by atoms with Gasteiger partial charge in [-0.25, -0.2) is 17.8 Å². The normalized spacial score (nSPS) is 19.4. The topological polar surface area (TPSA) is 110 Å². The number of anilines is 2. The lowest BCUT2D eigenvalue weighted by atomic mass is 9.97. The zero-order valence-corrected chi connectivity index (χ0v) is 19.1. The van der Waals surface area contributed by atoms with Crippen LogP contribution in [-0.4, -0.2) is 30.4 Å². The molecule has 0 unspecified atom stereocenters. The summed E-state index contributed by atoms with van der Waals surface area (Å²) in [5.41, 5.74) is 6.62. The molecule has 0 aliphatic heterocycles. The lowest BCUT2D eigenvalue weighted by Crippen LogP contribution is -2.24. The fourth-order valence-electron chi connectivity index (χ4n) is 3.61. The zero-order valence-electron chi connectivity index (χ0n) is 15.9. The molecule has 1 heterocycles. The van der Waals surface area contributed by atoms with Crippen molar-refractivity contribution >= 4 is 48.3 Å². The van der Waals surface area contributed by atoms with Gasteiger partial charge in [0.25, 0.3) is 10.0 Å². The molecule has 1 aliphatic rings. The van der Waals surface area contributed by atoms with Crippen molar-refractivity contribution < 1.29 is 12.8 Å². The third-order valence-corrected chi connectivity index (χ3v) is 7.90. The Kier molecular flexibility index (Phi) is 7.83. The van der Waals surface area contributed by atoms with Gasteiger partial charge in [0.1, 0.15) is 17.0 Å². The number of sulfonamides is 1. The summed E-state index contributed by atoms with van der Waals surface area (Å²) in [6.07, 6.45) is 9.21. The molecule has 0 bridgehead atoms. The van der Waals surface area contributed by atoms with Crippen molar-refractivity contribution in [3.05, 3.63) is 28.7 Å². The average molecular weight is 506 g/mol. The number of benzene rings is 1. The van der Waals surface area contributed by atoms with Crippen LogP contribution in [0.15, 0.2) is 27.8 Å². The first-order chi connectivity index (χ1) is 13.9. The van der Waals surface area contributed by atoms with Gasteiger partial charge in [0.2, 0.25) is 5.13 Å². The predicted octanol–water partition coefficient (Wildman–Crippen LogP) is 4.34. The van der Waals surface area contributed by atoms with Crippen LogP contribution in [-0.2, 0) is 10.0 Å². The van der Waals surface area contributed by atoms with Crippen LogP contribution in [0.1, 0.15) is 44.9 Å². The minimum absolute atomic E-state index is 0.0845. The maximum Gasteiger partial charge on any atom is 0.266 e. The highest BCUT2D eigenvalue weighted by Gasteiger charge is 2.23. The van der Waals surface area contributed by atoms with Crippen LogP contribution < -0.4 is 15.8 Å². The molecule has 7 nitrogen and oxygen atoms in total. The number of nitrogens with two attached hydrogens (primary N) is 1. The molecule has 2 aromatic rings. The molecule has 160 valence electrons. The van der Waals surface area contributed by atoms with Gasteiger partial charge in [-0.3, -0.25) is 4.72 Å². The van der Waals surface area contributed by atoms with Gasteiger partial charge in [-0.1, -0.05) is 19.3 Å². The number of nitrogens with one attached hydrogen (secondary N) is 2. The lowest BCUT2D eigenvalue weighted by Gasteiger charge is -2.15. The molecule has 11 heteroatoms. The van der Waals surface area contributed by atoms with E-state index in [9.17, 15) is 12.8 Å². The molecule has 1 aromatic carbocycles. The Hall–Kier alpha value is -1.30. The molecule has 1 aliphatic carbocycles. The van der Waals surface area contributed by atoms with Gasteiger partial charge in [0, 0.05) is 28.6 Å². The Balaban J connectivity index is 1.50. The average Bonchev–Trinajstić information content (AvgIpc) is 3.31. The van der Waals surface area contributed by atoms with Crippen molar-refractivity contribution in [2.24, 2.45) is 11.7 Å². The summed E-state index contributed by atoms with van der Waals surface area (Å²) in [6, 6.07) is 2.81. The van der Waals surface area contributed by atoms with Crippen LogP contribution >= 0.6 is 27.5 Å². The van der Waals surface area contributed by atoms with Gasteiger partial charge in [-0.2, -0.15) is 4.37 Å². The lowest BCUT2D eigenvalue weighted by molar-refractivity contribution is 0.424. The number of aromatic nitrogens is 2. The molecular weight excluding hydrogens is 481 g/mol. The van der Waals surface area contributed by atoms with Crippen LogP contribution in [0.4, 0.5) is 15.2 Å². The van der Waals surface area contributed by atoms with E-state index < -0.39 is 20.7 Å². The second-order valence-corrected chi connectivity index (χ2v) is 10.5. The SMILES string of the molecule is N[C@@H]1CCC[C@H]1CCCCCNc1cc(F)c(S(=O)(=O)Nc2ncns2)cc1Br. The smallest absolute Gasteiger partial charge is 0.266 e. The van der Waals surface area contributed by atoms with E-state index in [1.54, 1.807) is 0 Å². The van der Waals surface area contributed by atoms with Crippen molar-refractivity contribution in [3.63, 3.8) is 0 Å². The Morgan fingerprint density at radius 2 is 2.10 bits per heavy atom. The largest absolute Gasteiger partial charge is 0.384 e. The van der Waals surface area contributed by atoms with Crippen LogP contribution in [0.25, 0.3) is 0 Å². The second kappa shape index (κ2) is 10.1. The van der Waals surface area contributed by atoms with Crippen LogP contribution in [0.5, 0.6) is 0 Å². The summed E-state index contributed by atoms with van der Waals surface area (Å²) in [4.78, 5) is 3.31. The quantitative estimate of drug-likeness (QED) is 0.414. The highest BCUT2D eigenvalue weighted by Crippen LogP contribution is 2.30. The molecular formula is C18H25BrFN5O2S2. The van der Waals surface area contributed by atoms with E-state index in [1.807, 2.05) is 0 Å². The van der Waals surface area contributed by atoms with Crippen LogP contribution in [0, 0.1) is 11.7 Å². The van der Waals surface area contributed by atoms with Gasteiger partial charge in [0.05, 0.1) is 5.69 Å². The van der Waals surface area contributed by atoms with E-state index >= 15 is 0 Å². The molecule has 2 atom stereocenters. The molecule has 3 rings (SSSR count). The first-order valence-electron chi connectivity index (χ1n) is 9.65. The number of halogens is 2. The Bertz CT molecular complexity index is 911. The standard InChI is InChI=1S/C18H25BrFN5O2S2/c19-13-9-17(29(26,27)25-18-23-11-24-28-18)14(20)10-16(13)22-8-3-1-2-5-12-6-4-7-15(12)21/h9-12,15,22H,1-8,21H2,(H,23,24,25)/t12-,15-/m1/s1. The second-order valence-electron chi connectivity index (χ2n) is 7.25. The highest BCUT2D eigenvalue weighted by atomic mass is 79.9. The predicted molar refractivity (Wildman–Crippen MR) is 117 cm³/mol. The fourth-order valence-corrected chi connectivity index (χ4v) is 6.00. The molecule has 1 aromatic heterocycles. The maximum absolute atomic E-state index is 14.5. The summed E-state index contributed by atoms with van der Waals surface area (Å²) in [6.45, 7) is 0.684. The minimum Gasteiger partial charge on any atom is -0.384 e. The maximum atomic E-state index is 14.5. The van der Waals surface area contributed by atoms with Gasteiger partial charge in [-0.05, 0) is 59.7 Å².